The maximum atomic E-state index is 13.8. The van der Waals surface area contributed by atoms with Crippen molar-refractivity contribution in [2.24, 2.45) is 0 Å². The van der Waals surface area contributed by atoms with Crippen LogP contribution < -0.4 is 0 Å². The molecule has 2 aromatic rings. The molecule has 0 aromatic heterocycles. The number of ketones is 1. The Morgan fingerprint density at radius 2 is 1.84 bits per heavy atom. The number of aryl methyl sites for hydroxylation is 1. The highest BCUT2D eigenvalue weighted by Crippen LogP contribution is 2.29. The van der Waals surface area contributed by atoms with Crippen molar-refractivity contribution in [3.05, 3.63) is 70.2 Å². The van der Waals surface area contributed by atoms with E-state index in [1.807, 2.05) is 6.92 Å². The summed E-state index contributed by atoms with van der Waals surface area (Å²) >= 11 is 0. The summed E-state index contributed by atoms with van der Waals surface area (Å²) in [7, 11) is 0. The summed E-state index contributed by atoms with van der Waals surface area (Å²) in [4.78, 5) is 12.2. The van der Waals surface area contributed by atoms with Crippen molar-refractivity contribution < 1.29 is 13.9 Å². The first-order valence-electron chi connectivity index (χ1n) is 5.84. The molecule has 0 N–H and O–H groups in total. The smallest absolute Gasteiger partial charge is 0.275 e. The van der Waals surface area contributed by atoms with Gasteiger partial charge in [0, 0.05) is 6.07 Å². The highest BCUT2D eigenvalue weighted by Gasteiger charge is 2.37. The van der Waals surface area contributed by atoms with Crippen LogP contribution in [0.2, 0.25) is 0 Å². The molecule has 3 nitrogen and oxygen atoms in total. The molecule has 19 heavy (non-hydrogen) atoms. The third kappa shape index (κ3) is 1.64. The van der Waals surface area contributed by atoms with Crippen molar-refractivity contribution in [2.75, 3.05) is 0 Å². The second kappa shape index (κ2) is 4.02. The van der Waals surface area contributed by atoms with Gasteiger partial charge in [0.15, 0.2) is 0 Å². The average molecular weight is 255 g/mol. The molecule has 0 aliphatic carbocycles. The molecule has 1 aliphatic heterocycles. The molecule has 0 saturated carbocycles. The predicted octanol–water partition coefficient (Wildman–Crippen LogP) is 2.96. The molecule has 0 bridgehead atoms. The molecule has 0 atom stereocenters. The number of halogens is 1. The van der Waals surface area contributed by atoms with E-state index in [1.54, 1.807) is 24.3 Å². The van der Waals surface area contributed by atoms with Crippen LogP contribution in [-0.2, 0) is 0 Å². The molecule has 0 radical (unpaired) electrons. The first-order valence-corrected chi connectivity index (χ1v) is 5.84. The van der Waals surface area contributed by atoms with Crippen LogP contribution in [0.1, 0.15) is 21.5 Å². The number of fused-ring (bicyclic) bond motifs is 1. The second-order valence-corrected chi connectivity index (χ2v) is 4.47. The summed E-state index contributed by atoms with van der Waals surface area (Å²) in [6, 6.07) is 10.8. The first kappa shape index (κ1) is 11.6. The fourth-order valence-corrected chi connectivity index (χ4v) is 2.23. The zero-order valence-corrected chi connectivity index (χ0v) is 10.2. The molecule has 94 valence electrons. The fourth-order valence-electron chi connectivity index (χ4n) is 2.23. The largest absolute Gasteiger partial charge is 0.618 e. The number of hydrogen-bond donors (Lipinski definition) is 0. The molecular formula is C15H10FNO2. The highest BCUT2D eigenvalue weighted by molar-refractivity contribution is 6.52. The predicted molar refractivity (Wildman–Crippen MR) is 69.3 cm³/mol. The standard InChI is InChI=1S/C15H10FNO2/c1-9-6-7-11-13(8-9)17(19)14(15(11)18)10-4-2-3-5-12(10)16/h2-8H,1H3. The Balaban J connectivity index is 2.25. The van der Waals surface area contributed by atoms with E-state index >= 15 is 0 Å². The first-order chi connectivity index (χ1) is 9.09. The SMILES string of the molecule is Cc1ccc2c(c1)[N+]([O-])=C(c1ccccc1F)C2=O. The van der Waals surface area contributed by atoms with Gasteiger partial charge < -0.3 is 5.21 Å². The van der Waals surface area contributed by atoms with E-state index in [-0.39, 0.29) is 17.0 Å². The van der Waals surface area contributed by atoms with Crippen molar-refractivity contribution in [3.63, 3.8) is 0 Å². The number of nitrogens with zero attached hydrogens (tertiary/aromatic N) is 1. The van der Waals surface area contributed by atoms with Gasteiger partial charge >= 0.3 is 0 Å². The third-order valence-electron chi connectivity index (χ3n) is 3.16. The van der Waals surface area contributed by atoms with Gasteiger partial charge in [-0.1, -0.05) is 18.2 Å². The van der Waals surface area contributed by atoms with Crippen LogP contribution in [0.5, 0.6) is 0 Å². The number of hydrogen-bond acceptors (Lipinski definition) is 2. The maximum Gasteiger partial charge on any atom is 0.275 e. The molecule has 1 aliphatic rings. The van der Waals surface area contributed by atoms with E-state index in [0.717, 1.165) is 5.56 Å². The van der Waals surface area contributed by atoms with Gasteiger partial charge in [0.05, 0.1) is 5.56 Å². The van der Waals surface area contributed by atoms with Gasteiger partial charge in [-0.3, -0.25) is 4.79 Å². The van der Waals surface area contributed by atoms with E-state index in [0.29, 0.717) is 10.3 Å². The molecule has 0 amide bonds. The Kier molecular flexibility index (Phi) is 2.45. The molecule has 2 aromatic carbocycles. The lowest BCUT2D eigenvalue weighted by Crippen LogP contribution is -2.18. The van der Waals surface area contributed by atoms with Crippen molar-refractivity contribution >= 4 is 17.2 Å². The van der Waals surface area contributed by atoms with Crippen molar-refractivity contribution in [1.29, 1.82) is 0 Å². The van der Waals surface area contributed by atoms with E-state index in [9.17, 15) is 14.4 Å². The Morgan fingerprint density at radius 3 is 2.58 bits per heavy atom. The number of Topliss-reactive ketones (excluding diaryl/α,β-unsaturated/α-hetero) is 1. The fraction of sp³-hybridized carbons (Fsp3) is 0.0667. The Morgan fingerprint density at radius 1 is 1.11 bits per heavy atom. The lowest BCUT2D eigenvalue weighted by molar-refractivity contribution is -0.355. The van der Waals surface area contributed by atoms with Crippen LogP contribution in [-0.4, -0.2) is 16.2 Å². The van der Waals surface area contributed by atoms with Gasteiger partial charge in [-0.15, -0.1) is 0 Å². The molecule has 3 rings (SSSR count). The van der Waals surface area contributed by atoms with E-state index in [1.165, 1.54) is 18.2 Å². The van der Waals surface area contributed by atoms with Crippen molar-refractivity contribution in [1.82, 2.24) is 0 Å². The lowest BCUT2D eigenvalue weighted by atomic mass is 10.0. The zero-order valence-electron chi connectivity index (χ0n) is 10.2. The topological polar surface area (TPSA) is 43.1 Å². The minimum atomic E-state index is -0.573. The Labute approximate surface area is 109 Å². The second-order valence-electron chi connectivity index (χ2n) is 4.47. The van der Waals surface area contributed by atoms with Crippen LogP contribution >= 0.6 is 0 Å². The van der Waals surface area contributed by atoms with Crippen molar-refractivity contribution in [3.8, 4) is 0 Å². The molecule has 1 heterocycles. The quantitative estimate of drug-likeness (QED) is 0.580. The minimum Gasteiger partial charge on any atom is -0.618 e. The molecule has 0 spiro atoms. The summed E-state index contributed by atoms with van der Waals surface area (Å²) in [5.41, 5.74) is 1.36. The molecular weight excluding hydrogens is 245 g/mol. The summed E-state index contributed by atoms with van der Waals surface area (Å²) in [5.74, 6) is -1.01. The highest BCUT2D eigenvalue weighted by atomic mass is 19.1. The monoisotopic (exact) mass is 255 g/mol. The van der Waals surface area contributed by atoms with Crippen LogP contribution in [0.15, 0.2) is 42.5 Å². The minimum absolute atomic E-state index is 0.0383. The number of rotatable bonds is 1. The Bertz CT molecular complexity index is 735. The zero-order chi connectivity index (χ0) is 13.6. The molecule has 0 fully saturated rings. The lowest BCUT2D eigenvalue weighted by Gasteiger charge is -2.03. The average Bonchev–Trinajstić information content (AvgIpc) is 2.63. The van der Waals surface area contributed by atoms with Gasteiger partial charge in [-0.25, -0.2) is 4.39 Å². The van der Waals surface area contributed by atoms with Crippen LogP contribution in [0.3, 0.4) is 0 Å². The summed E-state index contributed by atoms with van der Waals surface area (Å²) in [6.45, 7) is 1.83. The Hall–Kier alpha value is -2.49. The van der Waals surface area contributed by atoms with Gasteiger partial charge in [0.1, 0.15) is 11.4 Å². The summed E-state index contributed by atoms with van der Waals surface area (Å²) in [6.07, 6.45) is 0. The van der Waals surface area contributed by atoms with Crippen LogP contribution in [0.25, 0.3) is 0 Å². The van der Waals surface area contributed by atoms with Crippen molar-refractivity contribution in [2.45, 2.75) is 6.92 Å². The van der Waals surface area contributed by atoms with Gasteiger partial charge in [-0.05, 0) is 30.7 Å². The normalized spacial score (nSPS) is 13.9. The maximum absolute atomic E-state index is 13.8. The number of carbonyl (C=O) groups excluding carboxylic acids is 1. The molecule has 0 saturated heterocycles. The molecule has 0 unspecified atom stereocenters. The molecule has 4 heteroatoms. The van der Waals surface area contributed by atoms with Crippen LogP contribution in [0, 0.1) is 17.9 Å². The van der Waals surface area contributed by atoms with Crippen LogP contribution in [0.4, 0.5) is 10.1 Å². The third-order valence-corrected chi connectivity index (χ3v) is 3.16. The number of carbonyl (C=O) groups is 1. The van der Waals surface area contributed by atoms with Gasteiger partial charge in [0.25, 0.3) is 11.5 Å². The van der Waals surface area contributed by atoms with Gasteiger partial charge in [0.2, 0.25) is 5.69 Å². The van der Waals surface area contributed by atoms with E-state index < -0.39 is 11.6 Å². The van der Waals surface area contributed by atoms with Gasteiger partial charge in [-0.2, -0.15) is 4.74 Å². The number of benzene rings is 2. The summed E-state index contributed by atoms with van der Waals surface area (Å²) in [5, 5.41) is 12.2. The van der Waals surface area contributed by atoms with E-state index in [4.69, 9.17) is 0 Å². The van der Waals surface area contributed by atoms with E-state index in [2.05, 4.69) is 0 Å². The summed E-state index contributed by atoms with van der Waals surface area (Å²) < 4.78 is 14.3.